The van der Waals surface area contributed by atoms with Crippen LogP contribution in [0, 0.1) is 24.2 Å². The standard InChI is InChI=1S/C16H22O3/c1-5-12(2)16(17)13(3)10-19-11-14-6-8-15(18-4)9-7-14/h1,6-9,12-13,16-17H,10-11H2,2-4H3/t12-,13-,16-/m1/s1. The SMILES string of the molecule is C#C[C@@H](C)[C@@H](O)[C@H](C)COCc1ccc(OC)cc1. The van der Waals surface area contributed by atoms with Crippen LogP contribution in [-0.2, 0) is 11.3 Å². The minimum atomic E-state index is -0.527. The van der Waals surface area contributed by atoms with Crippen LogP contribution in [0.3, 0.4) is 0 Å². The quantitative estimate of drug-likeness (QED) is 0.767. The molecule has 1 aromatic carbocycles. The van der Waals surface area contributed by atoms with Gasteiger partial charge < -0.3 is 14.6 Å². The van der Waals surface area contributed by atoms with E-state index in [4.69, 9.17) is 15.9 Å². The van der Waals surface area contributed by atoms with Crippen molar-refractivity contribution in [1.29, 1.82) is 0 Å². The van der Waals surface area contributed by atoms with E-state index >= 15 is 0 Å². The first-order valence-corrected chi connectivity index (χ1v) is 6.43. The predicted octanol–water partition coefficient (Wildman–Crippen LogP) is 2.48. The van der Waals surface area contributed by atoms with Gasteiger partial charge in [0.2, 0.25) is 0 Å². The van der Waals surface area contributed by atoms with Crippen molar-refractivity contribution in [3.05, 3.63) is 29.8 Å². The molecular weight excluding hydrogens is 240 g/mol. The summed E-state index contributed by atoms with van der Waals surface area (Å²) in [7, 11) is 1.64. The average Bonchev–Trinajstić information content (AvgIpc) is 2.46. The van der Waals surface area contributed by atoms with Crippen molar-refractivity contribution in [2.75, 3.05) is 13.7 Å². The lowest BCUT2D eigenvalue weighted by atomic mass is 9.95. The van der Waals surface area contributed by atoms with E-state index in [0.717, 1.165) is 11.3 Å². The third-order valence-corrected chi connectivity index (χ3v) is 3.17. The lowest BCUT2D eigenvalue weighted by Gasteiger charge is -2.21. The molecule has 0 aliphatic heterocycles. The van der Waals surface area contributed by atoms with Gasteiger partial charge in [0.15, 0.2) is 0 Å². The Labute approximate surface area is 115 Å². The molecule has 3 nitrogen and oxygen atoms in total. The van der Waals surface area contributed by atoms with E-state index in [0.29, 0.717) is 13.2 Å². The Hall–Kier alpha value is -1.50. The molecular formula is C16H22O3. The second kappa shape index (κ2) is 7.83. The topological polar surface area (TPSA) is 38.7 Å². The maximum Gasteiger partial charge on any atom is 0.118 e. The molecule has 0 heterocycles. The molecule has 3 heteroatoms. The zero-order valence-electron chi connectivity index (χ0n) is 11.8. The van der Waals surface area contributed by atoms with Crippen molar-refractivity contribution >= 4 is 0 Å². The van der Waals surface area contributed by atoms with Crippen molar-refractivity contribution in [2.24, 2.45) is 11.8 Å². The fraction of sp³-hybridized carbons (Fsp3) is 0.500. The number of terminal acetylenes is 1. The molecule has 0 radical (unpaired) electrons. The first kappa shape index (κ1) is 15.6. The molecule has 0 saturated carbocycles. The smallest absolute Gasteiger partial charge is 0.118 e. The summed E-state index contributed by atoms with van der Waals surface area (Å²) in [6.45, 7) is 4.78. The maximum absolute atomic E-state index is 9.91. The van der Waals surface area contributed by atoms with Crippen LogP contribution in [0.25, 0.3) is 0 Å². The zero-order valence-corrected chi connectivity index (χ0v) is 11.8. The normalized spacial score (nSPS) is 15.3. The van der Waals surface area contributed by atoms with Crippen LogP contribution in [0.1, 0.15) is 19.4 Å². The van der Waals surface area contributed by atoms with Crippen LogP contribution in [0.4, 0.5) is 0 Å². The zero-order chi connectivity index (χ0) is 14.3. The molecule has 19 heavy (non-hydrogen) atoms. The monoisotopic (exact) mass is 262 g/mol. The fourth-order valence-corrected chi connectivity index (χ4v) is 1.77. The maximum atomic E-state index is 9.91. The Kier molecular flexibility index (Phi) is 6.41. The molecule has 1 rings (SSSR count). The molecule has 104 valence electrons. The molecule has 0 aliphatic rings. The lowest BCUT2D eigenvalue weighted by molar-refractivity contribution is 0.0150. The van der Waals surface area contributed by atoms with Crippen LogP contribution < -0.4 is 4.74 Å². The number of methoxy groups -OCH3 is 1. The number of hydrogen-bond donors (Lipinski definition) is 1. The Morgan fingerprint density at radius 2 is 1.89 bits per heavy atom. The van der Waals surface area contributed by atoms with Gasteiger partial charge in [-0.25, -0.2) is 0 Å². The highest BCUT2D eigenvalue weighted by Gasteiger charge is 2.19. The van der Waals surface area contributed by atoms with Gasteiger partial charge in [0.05, 0.1) is 26.4 Å². The predicted molar refractivity (Wildman–Crippen MR) is 75.8 cm³/mol. The summed E-state index contributed by atoms with van der Waals surface area (Å²) in [5.74, 6) is 3.24. The highest BCUT2D eigenvalue weighted by molar-refractivity contribution is 5.26. The summed E-state index contributed by atoms with van der Waals surface area (Å²) in [5, 5.41) is 9.91. The summed E-state index contributed by atoms with van der Waals surface area (Å²) >= 11 is 0. The van der Waals surface area contributed by atoms with Crippen LogP contribution in [0.2, 0.25) is 0 Å². The van der Waals surface area contributed by atoms with E-state index in [9.17, 15) is 5.11 Å². The largest absolute Gasteiger partial charge is 0.497 e. The summed E-state index contributed by atoms with van der Waals surface area (Å²) < 4.78 is 10.7. The van der Waals surface area contributed by atoms with Gasteiger partial charge in [-0.05, 0) is 24.6 Å². The molecule has 0 unspecified atom stereocenters. The molecule has 0 aromatic heterocycles. The van der Waals surface area contributed by atoms with E-state index in [1.165, 1.54) is 0 Å². The number of aliphatic hydroxyl groups excluding tert-OH is 1. The summed E-state index contributed by atoms with van der Waals surface area (Å²) in [5.41, 5.74) is 1.08. The van der Waals surface area contributed by atoms with Gasteiger partial charge in [0.25, 0.3) is 0 Å². The Bertz CT molecular complexity index is 405. The molecule has 0 spiro atoms. The summed E-state index contributed by atoms with van der Waals surface area (Å²) in [4.78, 5) is 0. The second-order valence-corrected chi connectivity index (χ2v) is 4.79. The minimum Gasteiger partial charge on any atom is -0.497 e. The molecule has 0 bridgehead atoms. The Morgan fingerprint density at radius 3 is 2.42 bits per heavy atom. The fourth-order valence-electron chi connectivity index (χ4n) is 1.77. The van der Waals surface area contributed by atoms with Gasteiger partial charge in [-0.15, -0.1) is 12.3 Å². The van der Waals surface area contributed by atoms with E-state index < -0.39 is 6.10 Å². The minimum absolute atomic E-state index is 0.0179. The second-order valence-electron chi connectivity index (χ2n) is 4.79. The molecule has 0 fully saturated rings. The lowest BCUT2D eigenvalue weighted by Crippen LogP contribution is -2.28. The number of ether oxygens (including phenoxy) is 2. The van der Waals surface area contributed by atoms with Crippen LogP contribution >= 0.6 is 0 Å². The third kappa shape index (κ3) is 4.94. The van der Waals surface area contributed by atoms with Gasteiger partial charge in [0, 0.05) is 11.8 Å². The van der Waals surface area contributed by atoms with Gasteiger partial charge in [-0.1, -0.05) is 19.1 Å². The molecule has 0 amide bonds. The van der Waals surface area contributed by atoms with Crippen molar-refractivity contribution in [2.45, 2.75) is 26.6 Å². The van der Waals surface area contributed by atoms with Crippen molar-refractivity contribution in [3.8, 4) is 18.1 Å². The van der Waals surface area contributed by atoms with Crippen LogP contribution in [0.5, 0.6) is 5.75 Å². The van der Waals surface area contributed by atoms with Crippen molar-refractivity contribution in [3.63, 3.8) is 0 Å². The van der Waals surface area contributed by atoms with Crippen LogP contribution in [-0.4, -0.2) is 24.9 Å². The van der Waals surface area contributed by atoms with Gasteiger partial charge in [0.1, 0.15) is 5.75 Å². The van der Waals surface area contributed by atoms with E-state index in [1.54, 1.807) is 7.11 Å². The van der Waals surface area contributed by atoms with Gasteiger partial charge in [-0.3, -0.25) is 0 Å². The average molecular weight is 262 g/mol. The summed E-state index contributed by atoms with van der Waals surface area (Å²) in [6.07, 6.45) is 4.77. The number of hydrogen-bond acceptors (Lipinski definition) is 3. The molecule has 1 N–H and O–H groups in total. The molecule has 1 aromatic rings. The number of rotatable bonds is 7. The van der Waals surface area contributed by atoms with Gasteiger partial charge in [-0.2, -0.15) is 0 Å². The highest BCUT2D eigenvalue weighted by Crippen LogP contribution is 2.15. The first-order valence-electron chi connectivity index (χ1n) is 6.43. The van der Waals surface area contributed by atoms with Crippen LogP contribution in [0.15, 0.2) is 24.3 Å². The Balaban J connectivity index is 2.35. The summed E-state index contributed by atoms with van der Waals surface area (Å²) in [6, 6.07) is 7.72. The Morgan fingerprint density at radius 1 is 1.26 bits per heavy atom. The van der Waals surface area contributed by atoms with Gasteiger partial charge >= 0.3 is 0 Å². The molecule has 0 saturated heterocycles. The molecule has 3 atom stereocenters. The van der Waals surface area contributed by atoms with E-state index in [-0.39, 0.29) is 11.8 Å². The van der Waals surface area contributed by atoms with Crippen molar-refractivity contribution < 1.29 is 14.6 Å². The highest BCUT2D eigenvalue weighted by atomic mass is 16.5. The number of aliphatic hydroxyl groups is 1. The van der Waals surface area contributed by atoms with E-state index in [1.807, 2.05) is 38.1 Å². The molecule has 0 aliphatic carbocycles. The first-order chi connectivity index (χ1) is 9.08. The van der Waals surface area contributed by atoms with Crippen molar-refractivity contribution in [1.82, 2.24) is 0 Å². The van der Waals surface area contributed by atoms with E-state index in [2.05, 4.69) is 5.92 Å². The third-order valence-electron chi connectivity index (χ3n) is 3.17. The number of benzene rings is 1.